The zero-order chi connectivity index (χ0) is 16.7. The minimum absolute atomic E-state index is 0. The Morgan fingerprint density at radius 3 is 2.96 bits per heavy atom. The molecule has 0 radical (unpaired) electrons. The fraction of sp³-hybridized carbons (Fsp3) is 0.529. The summed E-state index contributed by atoms with van der Waals surface area (Å²) in [6, 6.07) is 7.74. The quantitative estimate of drug-likeness (QED) is 0.400. The number of primary amides is 1. The summed E-state index contributed by atoms with van der Waals surface area (Å²) < 4.78 is 0. The van der Waals surface area contributed by atoms with Crippen LogP contribution in [0.4, 0.5) is 0 Å². The van der Waals surface area contributed by atoms with Crippen molar-refractivity contribution in [3.8, 4) is 0 Å². The van der Waals surface area contributed by atoms with Crippen LogP contribution in [0.15, 0.2) is 29.3 Å². The summed E-state index contributed by atoms with van der Waals surface area (Å²) in [6.45, 7) is 5.23. The molecule has 1 fully saturated rings. The number of nitrogens with one attached hydrogen (secondary N) is 1. The van der Waals surface area contributed by atoms with Crippen LogP contribution in [0.25, 0.3) is 0 Å². The normalized spacial score (nSPS) is 18.0. The predicted octanol–water partition coefficient (Wildman–Crippen LogP) is 3.01. The summed E-state index contributed by atoms with van der Waals surface area (Å²) in [5.74, 6) is 0.982. The summed E-state index contributed by atoms with van der Waals surface area (Å²) in [4.78, 5) is 18.1. The van der Waals surface area contributed by atoms with Gasteiger partial charge in [0.2, 0.25) is 5.91 Å². The molecule has 3 N–H and O–H groups in total. The molecular weight excluding hydrogens is 439 g/mol. The van der Waals surface area contributed by atoms with E-state index in [0.717, 1.165) is 49.0 Å². The summed E-state index contributed by atoms with van der Waals surface area (Å²) in [6.07, 6.45) is 2.55. The molecule has 1 heterocycles. The number of likely N-dealkylation sites (tertiary alicyclic amines) is 1. The van der Waals surface area contributed by atoms with Gasteiger partial charge in [-0.15, -0.1) is 24.0 Å². The summed E-state index contributed by atoms with van der Waals surface area (Å²) in [5.41, 5.74) is 6.42. The molecule has 1 aliphatic heterocycles. The zero-order valence-electron chi connectivity index (χ0n) is 14.0. The van der Waals surface area contributed by atoms with Crippen LogP contribution < -0.4 is 11.1 Å². The second-order valence-corrected chi connectivity index (χ2v) is 6.36. The van der Waals surface area contributed by atoms with E-state index in [1.807, 2.05) is 24.3 Å². The van der Waals surface area contributed by atoms with Crippen molar-refractivity contribution in [2.45, 2.75) is 32.7 Å². The highest BCUT2D eigenvalue weighted by atomic mass is 127. The lowest BCUT2D eigenvalue weighted by Crippen LogP contribution is -2.47. The molecule has 1 aromatic rings. The molecule has 0 bridgehead atoms. The van der Waals surface area contributed by atoms with E-state index in [1.54, 1.807) is 0 Å². The summed E-state index contributed by atoms with van der Waals surface area (Å²) in [5, 5.41) is 4.06. The van der Waals surface area contributed by atoms with Gasteiger partial charge < -0.3 is 16.0 Å². The van der Waals surface area contributed by atoms with Gasteiger partial charge in [0, 0.05) is 31.1 Å². The first-order valence-electron chi connectivity index (χ1n) is 8.14. The zero-order valence-corrected chi connectivity index (χ0v) is 17.1. The van der Waals surface area contributed by atoms with E-state index in [1.165, 1.54) is 0 Å². The first kappa shape index (κ1) is 21.0. The second-order valence-electron chi connectivity index (χ2n) is 5.92. The topological polar surface area (TPSA) is 70.7 Å². The van der Waals surface area contributed by atoms with E-state index in [2.05, 4.69) is 17.1 Å². The third-order valence-electron chi connectivity index (χ3n) is 3.94. The number of amides is 1. The van der Waals surface area contributed by atoms with Crippen molar-refractivity contribution in [3.63, 3.8) is 0 Å². The van der Waals surface area contributed by atoms with Crippen LogP contribution in [0.5, 0.6) is 0 Å². The number of guanidine groups is 1. The predicted molar refractivity (Wildman–Crippen MR) is 110 cm³/mol. The van der Waals surface area contributed by atoms with E-state index in [0.29, 0.717) is 18.9 Å². The minimum Gasteiger partial charge on any atom is -0.370 e. The van der Waals surface area contributed by atoms with Crippen molar-refractivity contribution in [2.75, 3.05) is 19.6 Å². The van der Waals surface area contributed by atoms with Gasteiger partial charge in [0.15, 0.2) is 5.96 Å². The number of benzene rings is 1. The smallest absolute Gasteiger partial charge is 0.217 e. The molecule has 5 nitrogen and oxygen atoms in total. The first-order chi connectivity index (χ1) is 11.1. The number of nitrogens with two attached hydrogens (primary N) is 1. The van der Waals surface area contributed by atoms with Crippen molar-refractivity contribution in [1.29, 1.82) is 0 Å². The third-order valence-corrected chi connectivity index (χ3v) is 4.18. The molecule has 1 unspecified atom stereocenters. The van der Waals surface area contributed by atoms with Gasteiger partial charge in [-0.3, -0.25) is 4.79 Å². The molecule has 1 aromatic carbocycles. The summed E-state index contributed by atoms with van der Waals surface area (Å²) >= 11 is 6.02. The third kappa shape index (κ3) is 6.84. The molecule has 134 valence electrons. The van der Waals surface area contributed by atoms with E-state index in [-0.39, 0.29) is 29.9 Å². The van der Waals surface area contributed by atoms with Crippen LogP contribution in [0.1, 0.15) is 31.7 Å². The lowest BCUT2D eigenvalue weighted by molar-refractivity contribution is -0.119. The Labute approximate surface area is 166 Å². The van der Waals surface area contributed by atoms with Crippen molar-refractivity contribution in [2.24, 2.45) is 16.6 Å². The van der Waals surface area contributed by atoms with Gasteiger partial charge >= 0.3 is 0 Å². The monoisotopic (exact) mass is 464 g/mol. The van der Waals surface area contributed by atoms with Crippen molar-refractivity contribution < 1.29 is 4.79 Å². The van der Waals surface area contributed by atoms with Gasteiger partial charge in [0.25, 0.3) is 0 Å². The number of halogens is 2. The number of rotatable bonds is 5. The first-order valence-corrected chi connectivity index (χ1v) is 8.52. The van der Waals surface area contributed by atoms with Gasteiger partial charge in [0.05, 0.1) is 6.54 Å². The fourth-order valence-corrected chi connectivity index (χ4v) is 3.15. The van der Waals surface area contributed by atoms with E-state index in [4.69, 9.17) is 22.3 Å². The molecule has 1 saturated heterocycles. The molecule has 24 heavy (non-hydrogen) atoms. The molecule has 1 aliphatic rings. The maximum atomic E-state index is 11.2. The Balaban J connectivity index is 0.00000288. The van der Waals surface area contributed by atoms with Crippen LogP contribution in [0, 0.1) is 5.92 Å². The Bertz CT molecular complexity index is 567. The lowest BCUT2D eigenvalue weighted by atomic mass is 9.95. The maximum Gasteiger partial charge on any atom is 0.217 e. The molecule has 0 aromatic heterocycles. The number of carbonyl (C=O) groups is 1. The highest BCUT2D eigenvalue weighted by molar-refractivity contribution is 14.0. The van der Waals surface area contributed by atoms with Gasteiger partial charge in [0.1, 0.15) is 0 Å². The number of aliphatic imine (C=N–C) groups is 1. The Morgan fingerprint density at radius 1 is 1.50 bits per heavy atom. The molecular formula is C17H26ClIN4O. The Morgan fingerprint density at radius 2 is 2.29 bits per heavy atom. The minimum atomic E-state index is -0.224. The number of hydrogen-bond donors (Lipinski definition) is 2. The molecule has 7 heteroatoms. The van der Waals surface area contributed by atoms with Gasteiger partial charge in [-0.1, -0.05) is 23.7 Å². The largest absolute Gasteiger partial charge is 0.370 e. The Kier molecular flexibility index (Phi) is 9.43. The van der Waals surface area contributed by atoms with Gasteiger partial charge in [-0.05, 0) is 43.4 Å². The van der Waals surface area contributed by atoms with Crippen LogP contribution >= 0.6 is 35.6 Å². The van der Waals surface area contributed by atoms with Crippen LogP contribution in [-0.4, -0.2) is 36.4 Å². The van der Waals surface area contributed by atoms with Crippen LogP contribution in [0.3, 0.4) is 0 Å². The highest BCUT2D eigenvalue weighted by Gasteiger charge is 2.23. The van der Waals surface area contributed by atoms with Crippen molar-refractivity contribution in [3.05, 3.63) is 34.9 Å². The molecule has 2 rings (SSSR count). The van der Waals surface area contributed by atoms with Crippen molar-refractivity contribution >= 4 is 47.4 Å². The number of carbonyl (C=O) groups excluding carboxylic acids is 1. The molecule has 0 aliphatic carbocycles. The van der Waals surface area contributed by atoms with Crippen LogP contribution in [0.2, 0.25) is 5.02 Å². The Hall–Kier alpha value is -1.02. The number of nitrogens with zero attached hydrogens (tertiary/aromatic N) is 2. The highest BCUT2D eigenvalue weighted by Crippen LogP contribution is 2.19. The van der Waals surface area contributed by atoms with E-state index in [9.17, 15) is 4.79 Å². The molecule has 0 saturated carbocycles. The fourth-order valence-electron chi connectivity index (χ4n) is 2.94. The summed E-state index contributed by atoms with van der Waals surface area (Å²) in [7, 11) is 0. The van der Waals surface area contributed by atoms with E-state index < -0.39 is 0 Å². The van der Waals surface area contributed by atoms with E-state index >= 15 is 0 Å². The number of piperidine rings is 1. The average molecular weight is 465 g/mol. The van der Waals surface area contributed by atoms with Crippen LogP contribution in [-0.2, 0) is 11.3 Å². The maximum absolute atomic E-state index is 11.2. The van der Waals surface area contributed by atoms with Gasteiger partial charge in [-0.2, -0.15) is 0 Å². The standard InChI is InChI=1S/C17H25ClN4O.HI/c1-2-20-17(21-11-13-5-3-7-15(18)9-13)22-8-4-6-14(12-22)10-16(19)23;/h3,5,7,9,14H,2,4,6,8,10-12H2,1H3,(H2,19,23)(H,20,21);1H. The molecule has 1 atom stereocenters. The SMILES string of the molecule is CCNC(=NCc1cccc(Cl)c1)N1CCCC(CC(N)=O)C1.I. The van der Waals surface area contributed by atoms with Crippen molar-refractivity contribution in [1.82, 2.24) is 10.2 Å². The lowest BCUT2D eigenvalue weighted by Gasteiger charge is -2.34. The molecule has 1 amide bonds. The number of hydrogen-bond acceptors (Lipinski definition) is 2. The average Bonchev–Trinajstić information content (AvgIpc) is 2.51. The second kappa shape index (κ2) is 10.8. The van der Waals surface area contributed by atoms with Gasteiger partial charge in [-0.25, -0.2) is 4.99 Å². The molecule has 0 spiro atoms.